The normalized spacial score (nSPS) is 13.0. The maximum atomic E-state index is 12.4. The van der Waals surface area contributed by atoms with Crippen molar-refractivity contribution in [3.05, 3.63) is 65.7 Å². The number of carboxylic acids is 1. The molecule has 0 radical (unpaired) electrons. The number of nitrogens with one attached hydrogen (secondary N) is 1. The van der Waals surface area contributed by atoms with Gasteiger partial charge >= 0.3 is 5.97 Å². The van der Waals surface area contributed by atoms with Crippen LogP contribution in [0.3, 0.4) is 0 Å². The van der Waals surface area contributed by atoms with Gasteiger partial charge in [0.2, 0.25) is 10.0 Å². The fraction of sp³-hybridized carbons (Fsp3) is 0.235. The molecule has 2 aromatic rings. The number of likely N-dealkylation sites (N-methyl/N-ethyl adjacent to an activating group) is 1. The Morgan fingerprint density at radius 1 is 1.08 bits per heavy atom. The zero-order valence-electron chi connectivity index (χ0n) is 13.5. The second kappa shape index (κ2) is 7.57. The van der Waals surface area contributed by atoms with Crippen molar-refractivity contribution < 1.29 is 18.3 Å². The molecule has 2 rings (SSSR count). The Bertz CT molecular complexity index is 787. The molecule has 0 aliphatic carbocycles. The Kier molecular flexibility index (Phi) is 5.71. The Balaban J connectivity index is 2.14. The highest BCUT2D eigenvalue weighted by Gasteiger charge is 2.19. The minimum absolute atomic E-state index is 0.0399. The number of hydrogen-bond donors (Lipinski definition) is 2. The highest BCUT2D eigenvalue weighted by Crippen LogP contribution is 2.18. The van der Waals surface area contributed by atoms with E-state index in [-0.39, 0.29) is 23.0 Å². The molecule has 0 fully saturated rings. The molecule has 0 saturated heterocycles. The number of rotatable bonds is 7. The maximum absolute atomic E-state index is 12.4. The standard InChI is InChI=1S/C17H20N2O4S/c1-19(2)16(13-6-4-3-5-7-13)12-18-24(22,23)15-10-8-14(9-11-15)17(20)21/h3-11,16,18H,12H2,1-2H3,(H,20,21)/t16-/m1/s1. The van der Waals surface area contributed by atoms with Crippen molar-refractivity contribution in [3.63, 3.8) is 0 Å². The molecule has 0 aliphatic heterocycles. The third-order valence-electron chi connectivity index (χ3n) is 3.69. The number of hydrogen-bond acceptors (Lipinski definition) is 4. The molecule has 2 N–H and O–H groups in total. The van der Waals surface area contributed by atoms with Crippen molar-refractivity contribution in [3.8, 4) is 0 Å². The second-order valence-corrected chi connectivity index (χ2v) is 7.34. The molecule has 0 bridgehead atoms. The highest BCUT2D eigenvalue weighted by molar-refractivity contribution is 7.89. The predicted octanol–water partition coefficient (Wildman–Crippen LogP) is 1.97. The Morgan fingerprint density at radius 2 is 1.67 bits per heavy atom. The monoisotopic (exact) mass is 348 g/mol. The summed E-state index contributed by atoms with van der Waals surface area (Å²) in [5.74, 6) is -1.09. The molecule has 0 spiro atoms. The summed E-state index contributed by atoms with van der Waals surface area (Å²) in [6.45, 7) is 0.208. The molecular weight excluding hydrogens is 328 g/mol. The van der Waals surface area contributed by atoms with Gasteiger partial charge in [0, 0.05) is 12.6 Å². The molecule has 128 valence electrons. The summed E-state index contributed by atoms with van der Waals surface area (Å²) in [5.41, 5.74) is 1.05. The molecule has 0 aromatic heterocycles. The van der Waals surface area contributed by atoms with Crippen LogP contribution >= 0.6 is 0 Å². The van der Waals surface area contributed by atoms with Gasteiger partial charge in [-0.2, -0.15) is 0 Å². The zero-order valence-corrected chi connectivity index (χ0v) is 14.3. The van der Waals surface area contributed by atoms with Crippen LogP contribution in [0.4, 0.5) is 0 Å². The van der Waals surface area contributed by atoms with Crippen LogP contribution in [-0.4, -0.2) is 45.0 Å². The first-order valence-electron chi connectivity index (χ1n) is 7.35. The van der Waals surface area contributed by atoms with Gasteiger partial charge in [-0.25, -0.2) is 17.9 Å². The topological polar surface area (TPSA) is 86.7 Å². The van der Waals surface area contributed by atoms with Crippen molar-refractivity contribution in [1.82, 2.24) is 9.62 Å². The average molecular weight is 348 g/mol. The summed E-state index contributed by atoms with van der Waals surface area (Å²) in [6, 6.07) is 14.6. The maximum Gasteiger partial charge on any atom is 0.335 e. The lowest BCUT2D eigenvalue weighted by Gasteiger charge is -2.25. The van der Waals surface area contributed by atoms with Crippen molar-refractivity contribution >= 4 is 16.0 Å². The summed E-state index contributed by atoms with van der Waals surface area (Å²) in [4.78, 5) is 12.8. The summed E-state index contributed by atoms with van der Waals surface area (Å²) in [5, 5.41) is 8.87. The Hall–Kier alpha value is -2.22. The molecule has 0 aliphatic rings. The van der Waals surface area contributed by atoms with E-state index < -0.39 is 16.0 Å². The van der Waals surface area contributed by atoms with E-state index >= 15 is 0 Å². The van der Waals surface area contributed by atoms with Crippen LogP contribution in [0.1, 0.15) is 22.0 Å². The lowest BCUT2D eigenvalue weighted by molar-refractivity contribution is 0.0696. The van der Waals surface area contributed by atoms with Gasteiger partial charge in [0.15, 0.2) is 0 Å². The first-order valence-corrected chi connectivity index (χ1v) is 8.84. The lowest BCUT2D eigenvalue weighted by atomic mass is 10.1. The van der Waals surface area contributed by atoms with E-state index in [1.54, 1.807) is 0 Å². The van der Waals surface area contributed by atoms with Crippen LogP contribution in [0.15, 0.2) is 59.5 Å². The molecule has 0 saturated carbocycles. The molecule has 24 heavy (non-hydrogen) atoms. The molecular formula is C17H20N2O4S. The second-order valence-electron chi connectivity index (χ2n) is 5.57. The zero-order chi connectivity index (χ0) is 17.7. The first kappa shape index (κ1) is 18.1. The highest BCUT2D eigenvalue weighted by atomic mass is 32.2. The van der Waals surface area contributed by atoms with E-state index in [9.17, 15) is 13.2 Å². The van der Waals surface area contributed by atoms with Gasteiger partial charge in [-0.15, -0.1) is 0 Å². The summed E-state index contributed by atoms with van der Waals surface area (Å²) < 4.78 is 27.4. The van der Waals surface area contributed by atoms with Gasteiger partial charge in [0.05, 0.1) is 10.5 Å². The quantitative estimate of drug-likeness (QED) is 0.799. The van der Waals surface area contributed by atoms with Crippen LogP contribution in [0, 0.1) is 0 Å². The molecule has 2 aromatic carbocycles. The summed E-state index contributed by atoms with van der Waals surface area (Å²) in [6.07, 6.45) is 0. The lowest BCUT2D eigenvalue weighted by Crippen LogP contribution is -2.34. The van der Waals surface area contributed by atoms with Crippen LogP contribution in [0.25, 0.3) is 0 Å². The van der Waals surface area contributed by atoms with Gasteiger partial charge in [-0.05, 0) is 43.9 Å². The molecule has 1 atom stereocenters. The Morgan fingerprint density at radius 3 is 2.17 bits per heavy atom. The van der Waals surface area contributed by atoms with Gasteiger partial charge in [-0.3, -0.25) is 0 Å². The molecule has 7 heteroatoms. The number of carboxylic acid groups (broad SMARTS) is 1. The van der Waals surface area contributed by atoms with E-state index in [0.717, 1.165) is 5.56 Å². The number of sulfonamides is 1. The molecule has 0 heterocycles. The SMILES string of the molecule is CN(C)[C@H](CNS(=O)(=O)c1ccc(C(=O)O)cc1)c1ccccc1. The first-order chi connectivity index (χ1) is 11.3. The van der Waals surface area contributed by atoms with Crippen LogP contribution in [0.5, 0.6) is 0 Å². The third-order valence-corrected chi connectivity index (χ3v) is 5.13. The van der Waals surface area contributed by atoms with Gasteiger partial charge in [0.1, 0.15) is 0 Å². The number of aromatic carboxylic acids is 1. The Labute approximate surface area is 141 Å². The fourth-order valence-corrected chi connectivity index (χ4v) is 3.36. The van der Waals surface area contributed by atoms with Gasteiger partial charge < -0.3 is 10.0 Å². The average Bonchev–Trinajstić information content (AvgIpc) is 2.55. The van der Waals surface area contributed by atoms with Gasteiger partial charge in [0.25, 0.3) is 0 Å². The van der Waals surface area contributed by atoms with E-state index in [4.69, 9.17) is 5.11 Å². The van der Waals surface area contributed by atoms with Crippen LogP contribution < -0.4 is 4.72 Å². The van der Waals surface area contributed by atoms with E-state index in [0.29, 0.717) is 0 Å². The number of carbonyl (C=O) groups is 1. The van der Waals surface area contributed by atoms with E-state index in [1.165, 1.54) is 24.3 Å². The smallest absolute Gasteiger partial charge is 0.335 e. The number of benzene rings is 2. The molecule has 0 amide bonds. The van der Waals surface area contributed by atoms with Crippen molar-refractivity contribution in [2.75, 3.05) is 20.6 Å². The van der Waals surface area contributed by atoms with Crippen molar-refractivity contribution in [1.29, 1.82) is 0 Å². The van der Waals surface area contributed by atoms with Crippen molar-refractivity contribution in [2.45, 2.75) is 10.9 Å². The minimum atomic E-state index is -3.71. The molecule has 6 nitrogen and oxygen atoms in total. The van der Waals surface area contributed by atoms with Crippen LogP contribution in [0.2, 0.25) is 0 Å². The minimum Gasteiger partial charge on any atom is -0.478 e. The number of nitrogens with zero attached hydrogens (tertiary/aromatic N) is 1. The van der Waals surface area contributed by atoms with Crippen LogP contribution in [-0.2, 0) is 10.0 Å². The molecule has 0 unspecified atom stereocenters. The van der Waals surface area contributed by atoms with E-state index in [1.807, 2.05) is 49.3 Å². The predicted molar refractivity (Wildman–Crippen MR) is 91.5 cm³/mol. The van der Waals surface area contributed by atoms with Crippen molar-refractivity contribution in [2.24, 2.45) is 0 Å². The largest absolute Gasteiger partial charge is 0.478 e. The third kappa shape index (κ3) is 4.41. The summed E-state index contributed by atoms with van der Waals surface area (Å²) >= 11 is 0. The van der Waals surface area contributed by atoms with E-state index in [2.05, 4.69) is 4.72 Å². The summed E-state index contributed by atoms with van der Waals surface area (Å²) in [7, 11) is 0.0562. The fourth-order valence-electron chi connectivity index (χ4n) is 2.32. The van der Waals surface area contributed by atoms with Gasteiger partial charge in [-0.1, -0.05) is 30.3 Å².